The first-order valence-corrected chi connectivity index (χ1v) is 8.67. The molecule has 0 spiro atoms. The molecular formula is C19H27NO4. The Labute approximate surface area is 143 Å². The fraction of sp³-hybridized carbons (Fsp3) is 0.632. The molecule has 1 unspecified atom stereocenters. The van der Waals surface area contributed by atoms with E-state index in [1.54, 1.807) is 14.2 Å². The highest BCUT2D eigenvalue weighted by atomic mass is 16.5. The minimum Gasteiger partial charge on any atom is -0.493 e. The first kappa shape index (κ1) is 17.2. The number of hydrogen-bond donors (Lipinski definition) is 1. The molecular weight excluding hydrogens is 306 g/mol. The van der Waals surface area contributed by atoms with Crippen molar-refractivity contribution in [2.75, 3.05) is 33.9 Å². The van der Waals surface area contributed by atoms with E-state index in [9.17, 15) is 9.90 Å². The van der Waals surface area contributed by atoms with Crippen molar-refractivity contribution in [2.45, 2.75) is 38.7 Å². The summed E-state index contributed by atoms with van der Waals surface area (Å²) < 4.78 is 10.7. The van der Waals surface area contributed by atoms with Crippen LogP contribution in [0.25, 0.3) is 0 Å². The van der Waals surface area contributed by atoms with E-state index in [0.717, 1.165) is 56.4 Å². The highest BCUT2D eigenvalue weighted by molar-refractivity contribution is 6.03. The van der Waals surface area contributed by atoms with Crippen LogP contribution in [-0.2, 0) is 6.42 Å². The monoisotopic (exact) mass is 333 g/mol. The highest BCUT2D eigenvalue weighted by Gasteiger charge is 2.40. The van der Waals surface area contributed by atoms with E-state index in [0.29, 0.717) is 11.5 Å². The number of likely N-dealkylation sites (tertiary alicyclic amines) is 1. The zero-order valence-corrected chi connectivity index (χ0v) is 14.8. The summed E-state index contributed by atoms with van der Waals surface area (Å²) in [6.45, 7) is 4.55. The number of carbonyl (C=O) groups excluding carboxylic acids is 1. The molecule has 2 aliphatic rings. The molecule has 132 valence electrons. The van der Waals surface area contributed by atoms with Crippen molar-refractivity contribution in [2.24, 2.45) is 5.41 Å². The number of aliphatic hydroxyl groups excluding tert-OH is 1. The Morgan fingerprint density at radius 3 is 2.46 bits per heavy atom. The Balaban J connectivity index is 1.83. The average Bonchev–Trinajstić information content (AvgIpc) is 2.59. The number of benzene rings is 1. The van der Waals surface area contributed by atoms with Gasteiger partial charge >= 0.3 is 0 Å². The van der Waals surface area contributed by atoms with Gasteiger partial charge in [-0.05, 0) is 43.4 Å². The Hall–Kier alpha value is -1.59. The molecule has 0 aromatic heterocycles. The Bertz CT molecular complexity index is 622. The SMILES string of the molecule is COc1cc2c(cc1OC)C(=O)C(C)(CN1CCC(O)CC1)CC2. The lowest BCUT2D eigenvalue weighted by molar-refractivity contribution is 0.0481. The topological polar surface area (TPSA) is 59.0 Å². The van der Waals surface area contributed by atoms with Gasteiger partial charge in [-0.1, -0.05) is 6.92 Å². The van der Waals surface area contributed by atoms with Crippen molar-refractivity contribution in [1.29, 1.82) is 0 Å². The number of nitrogens with zero attached hydrogens (tertiary/aromatic N) is 1. The molecule has 0 radical (unpaired) electrons. The number of aryl methyl sites for hydroxylation is 1. The fourth-order valence-electron chi connectivity index (χ4n) is 3.91. The maximum Gasteiger partial charge on any atom is 0.170 e. The summed E-state index contributed by atoms with van der Waals surface area (Å²) >= 11 is 0. The van der Waals surface area contributed by atoms with Crippen LogP contribution >= 0.6 is 0 Å². The van der Waals surface area contributed by atoms with Crippen molar-refractivity contribution in [3.63, 3.8) is 0 Å². The molecule has 1 heterocycles. The normalized spacial score (nSPS) is 25.4. The van der Waals surface area contributed by atoms with Crippen LogP contribution in [0.5, 0.6) is 11.5 Å². The van der Waals surface area contributed by atoms with Crippen LogP contribution in [0.3, 0.4) is 0 Å². The molecule has 1 aromatic rings. The number of ketones is 1. The molecule has 0 bridgehead atoms. The molecule has 1 saturated heterocycles. The molecule has 1 aliphatic carbocycles. The maximum atomic E-state index is 13.2. The van der Waals surface area contributed by atoms with Gasteiger partial charge in [0.05, 0.1) is 20.3 Å². The van der Waals surface area contributed by atoms with Gasteiger partial charge in [-0.2, -0.15) is 0 Å². The van der Waals surface area contributed by atoms with Crippen LogP contribution in [0.2, 0.25) is 0 Å². The van der Waals surface area contributed by atoms with Gasteiger partial charge in [-0.3, -0.25) is 4.79 Å². The fourth-order valence-corrected chi connectivity index (χ4v) is 3.91. The van der Waals surface area contributed by atoms with E-state index in [4.69, 9.17) is 9.47 Å². The lowest BCUT2D eigenvalue weighted by Crippen LogP contribution is -2.47. The molecule has 1 aromatic carbocycles. The predicted octanol–water partition coefficient (Wildman–Crippen LogP) is 2.30. The number of ether oxygens (including phenoxy) is 2. The molecule has 5 heteroatoms. The van der Waals surface area contributed by atoms with Crippen LogP contribution in [0.1, 0.15) is 42.1 Å². The minimum absolute atomic E-state index is 0.187. The highest BCUT2D eigenvalue weighted by Crippen LogP contribution is 2.41. The van der Waals surface area contributed by atoms with E-state index in [2.05, 4.69) is 11.8 Å². The maximum absolute atomic E-state index is 13.2. The number of rotatable bonds is 4. The lowest BCUT2D eigenvalue weighted by atomic mass is 9.71. The molecule has 1 N–H and O–H groups in total. The van der Waals surface area contributed by atoms with Crippen LogP contribution in [0.4, 0.5) is 0 Å². The quantitative estimate of drug-likeness (QED) is 0.916. The third kappa shape index (κ3) is 3.15. The van der Waals surface area contributed by atoms with Crippen molar-refractivity contribution >= 4 is 5.78 Å². The first-order valence-electron chi connectivity index (χ1n) is 8.67. The van der Waals surface area contributed by atoms with Gasteiger partial charge < -0.3 is 19.5 Å². The van der Waals surface area contributed by atoms with E-state index < -0.39 is 0 Å². The average molecular weight is 333 g/mol. The second-order valence-electron chi connectivity index (χ2n) is 7.26. The largest absolute Gasteiger partial charge is 0.493 e. The number of piperidine rings is 1. The molecule has 0 amide bonds. The number of hydrogen-bond acceptors (Lipinski definition) is 5. The first-order chi connectivity index (χ1) is 11.5. The van der Waals surface area contributed by atoms with Crippen molar-refractivity contribution in [3.8, 4) is 11.5 Å². The smallest absolute Gasteiger partial charge is 0.170 e. The van der Waals surface area contributed by atoms with Gasteiger partial charge in [0.25, 0.3) is 0 Å². The van der Waals surface area contributed by atoms with Crippen molar-refractivity contribution < 1.29 is 19.4 Å². The molecule has 1 fully saturated rings. The second-order valence-corrected chi connectivity index (χ2v) is 7.26. The number of Topliss-reactive ketones (excluding diaryl/α,β-unsaturated/α-hetero) is 1. The van der Waals surface area contributed by atoms with Crippen molar-refractivity contribution in [1.82, 2.24) is 4.90 Å². The van der Waals surface area contributed by atoms with Gasteiger partial charge in [-0.15, -0.1) is 0 Å². The standard InChI is InChI=1S/C19H27NO4/c1-19(12-20-8-5-14(21)6-9-20)7-4-13-10-16(23-2)17(24-3)11-15(13)18(19)22/h10-11,14,21H,4-9,12H2,1-3H3. The number of methoxy groups -OCH3 is 2. The molecule has 3 rings (SSSR count). The summed E-state index contributed by atoms with van der Waals surface area (Å²) in [6, 6.07) is 3.76. The number of fused-ring (bicyclic) bond motifs is 1. The van der Waals surface area contributed by atoms with E-state index >= 15 is 0 Å². The van der Waals surface area contributed by atoms with Crippen molar-refractivity contribution in [3.05, 3.63) is 23.3 Å². The van der Waals surface area contributed by atoms with Gasteiger partial charge in [0.1, 0.15) is 0 Å². The second kappa shape index (κ2) is 6.73. The van der Waals surface area contributed by atoms with E-state index in [-0.39, 0.29) is 17.3 Å². The Kier molecular flexibility index (Phi) is 4.83. The molecule has 1 atom stereocenters. The predicted molar refractivity (Wildman–Crippen MR) is 92.0 cm³/mol. The zero-order valence-electron chi connectivity index (χ0n) is 14.8. The molecule has 24 heavy (non-hydrogen) atoms. The van der Waals surface area contributed by atoms with Gasteiger partial charge in [0.15, 0.2) is 17.3 Å². The van der Waals surface area contributed by atoms with Crippen LogP contribution in [0, 0.1) is 5.41 Å². The number of aliphatic hydroxyl groups is 1. The summed E-state index contributed by atoms with van der Waals surface area (Å²) in [6.07, 6.45) is 3.12. The Morgan fingerprint density at radius 2 is 1.83 bits per heavy atom. The zero-order chi connectivity index (χ0) is 17.3. The molecule has 5 nitrogen and oxygen atoms in total. The third-order valence-corrected chi connectivity index (χ3v) is 5.48. The number of carbonyl (C=O) groups is 1. The molecule has 0 saturated carbocycles. The van der Waals surface area contributed by atoms with Crippen LogP contribution in [-0.4, -0.2) is 55.7 Å². The minimum atomic E-state index is -0.380. The molecule has 1 aliphatic heterocycles. The van der Waals surface area contributed by atoms with Gasteiger partial charge in [0.2, 0.25) is 0 Å². The van der Waals surface area contributed by atoms with Crippen LogP contribution in [0.15, 0.2) is 12.1 Å². The summed E-state index contributed by atoms with van der Waals surface area (Å²) in [5.74, 6) is 1.48. The Morgan fingerprint density at radius 1 is 1.21 bits per heavy atom. The summed E-state index contributed by atoms with van der Waals surface area (Å²) in [4.78, 5) is 15.5. The van der Waals surface area contributed by atoms with E-state index in [1.807, 2.05) is 12.1 Å². The van der Waals surface area contributed by atoms with E-state index in [1.165, 1.54) is 0 Å². The van der Waals surface area contributed by atoms with Crippen LogP contribution < -0.4 is 9.47 Å². The lowest BCUT2D eigenvalue weighted by Gasteiger charge is -2.40. The van der Waals surface area contributed by atoms with Gasteiger partial charge in [0, 0.05) is 30.6 Å². The van der Waals surface area contributed by atoms with Gasteiger partial charge in [-0.25, -0.2) is 0 Å². The summed E-state index contributed by atoms with van der Waals surface area (Å²) in [7, 11) is 3.21. The summed E-state index contributed by atoms with van der Waals surface area (Å²) in [5.41, 5.74) is 1.43. The third-order valence-electron chi connectivity index (χ3n) is 5.48. The summed E-state index contributed by atoms with van der Waals surface area (Å²) in [5, 5.41) is 9.67.